The van der Waals surface area contributed by atoms with E-state index in [1.54, 1.807) is 49.6 Å². The Kier molecular flexibility index (Phi) is 4.39. The molecular formula is C13H13ClN2O2. The maximum atomic E-state index is 5.81. The van der Waals surface area contributed by atoms with Crippen LogP contribution in [0.4, 0.5) is 0 Å². The summed E-state index contributed by atoms with van der Waals surface area (Å²) in [5.41, 5.74) is 0. The summed E-state index contributed by atoms with van der Waals surface area (Å²) < 4.78 is 11.1. The van der Waals surface area contributed by atoms with Crippen molar-refractivity contribution in [1.29, 1.82) is 0 Å². The number of halogens is 1. The van der Waals surface area contributed by atoms with Crippen molar-refractivity contribution in [2.75, 3.05) is 13.8 Å². The molecule has 5 heteroatoms. The molecule has 0 saturated carbocycles. The van der Waals surface area contributed by atoms with Crippen LogP contribution in [0.1, 0.15) is 0 Å². The fourth-order valence-electron chi connectivity index (χ4n) is 1.33. The van der Waals surface area contributed by atoms with Crippen LogP contribution in [0.3, 0.4) is 0 Å². The SMILES string of the molecule is CNCOc1cccnc1Oc1ccc(Cl)cc1. The Morgan fingerprint density at radius 3 is 2.72 bits per heavy atom. The number of nitrogens with one attached hydrogen (secondary N) is 1. The zero-order valence-electron chi connectivity index (χ0n) is 9.89. The monoisotopic (exact) mass is 264 g/mol. The van der Waals surface area contributed by atoms with Gasteiger partial charge in [0.25, 0.3) is 5.88 Å². The molecule has 18 heavy (non-hydrogen) atoms. The van der Waals surface area contributed by atoms with E-state index in [0.717, 1.165) is 0 Å². The van der Waals surface area contributed by atoms with Gasteiger partial charge < -0.3 is 9.47 Å². The van der Waals surface area contributed by atoms with Crippen LogP contribution in [0.5, 0.6) is 17.4 Å². The van der Waals surface area contributed by atoms with Gasteiger partial charge in [0.2, 0.25) is 0 Å². The Hall–Kier alpha value is -1.78. The molecule has 0 spiro atoms. The summed E-state index contributed by atoms with van der Waals surface area (Å²) in [4.78, 5) is 4.14. The molecule has 0 aliphatic rings. The smallest absolute Gasteiger partial charge is 0.262 e. The Morgan fingerprint density at radius 2 is 2.00 bits per heavy atom. The van der Waals surface area contributed by atoms with Crippen molar-refractivity contribution >= 4 is 11.6 Å². The minimum absolute atomic E-state index is 0.392. The van der Waals surface area contributed by atoms with Gasteiger partial charge >= 0.3 is 0 Å². The molecule has 0 unspecified atom stereocenters. The van der Waals surface area contributed by atoms with Gasteiger partial charge in [0.1, 0.15) is 12.5 Å². The van der Waals surface area contributed by atoms with Crippen LogP contribution in [0.2, 0.25) is 5.02 Å². The van der Waals surface area contributed by atoms with Crippen LogP contribution in [-0.2, 0) is 0 Å². The van der Waals surface area contributed by atoms with Crippen LogP contribution in [0.15, 0.2) is 42.6 Å². The molecule has 2 rings (SSSR count). The molecule has 2 aromatic rings. The molecule has 0 aliphatic carbocycles. The normalized spacial score (nSPS) is 10.1. The number of hydrogen-bond acceptors (Lipinski definition) is 4. The van der Waals surface area contributed by atoms with Crippen LogP contribution in [0, 0.1) is 0 Å². The highest BCUT2D eigenvalue weighted by atomic mass is 35.5. The van der Waals surface area contributed by atoms with Crippen molar-refractivity contribution in [3.63, 3.8) is 0 Å². The topological polar surface area (TPSA) is 43.4 Å². The predicted octanol–water partition coefficient (Wildman–Crippen LogP) is 3.08. The van der Waals surface area contributed by atoms with Crippen molar-refractivity contribution < 1.29 is 9.47 Å². The Bertz CT molecular complexity index is 503. The van der Waals surface area contributed by atoms with Crippen LogP contribution < -0.4 is 14.8 Å². The summed E-state index contributed by atoms with van der Waals surface area (Å²) in [7, 11) is 1.80. The molecule has 0 aliphatic heterocycles. The Balaban J connectivity index is 2.15. The first-order valence-corrected chi connectivity index (χ1v) is 5.83. The summed E-state index contributed by atoms with van der Waals surface area (Å²) in [5.74, 6) is 1.67. The van der Waals surface area contributed by atoms with E-state index in [1.807, 2.05) is 0 Å². The zero-order chi connectivity index (χ0) is 12.8. The molecule has 0 saturated heterocycles. The van der Waals surface area contributed by atoms with Crippen molar-refractivity contribution in [3.05, 3.63) is 47.6 Å². The third kappa shape index (κ3) is 3.35. The summed E-state index contributed by atoms with van der Waals surface area (Å²) in [6, 6.07) is 10.7. The molecule has 0 bridgehead atoms. The van der Waals surface area contributed by atoms with Crippen LogP contribution in [0.25, 0.3) is 0 Å². The summed E-state index contributed by atoms with van der Waals surface area (Å²) in [6.45, 7) is 0.392. The molecular weight excluding hydrogens is 252 g/mol. The summed E-state index contributed by atoms with van der Waals surface area (Å²) in [5, 5.41) is 3.55. The van der Waals surface area contributed by atoms with E-state index in [4.69, 9.17) is 21.1 Å². The molecule has 0 atom stereocenters. The van der Waals surface area contributed by atoms with Gasteiger partial charge in [0.05, 0.1) is 0 Å². The lowest BCUT2D eigenvalue weighted by atomic mass is 10.3. The van der Waals surface area contributed by atoms with Crippen molar-refractivity contribution in [3.8, 4) is 17.4 Å². The van der Waals surface area contributed by atoms with Crippen molar-refractivity contribution in [2.45, 2.75) is 0 Å². The first kappa shape index (κ1) is 12.7. The standard InChI is InChI=1S/C13H13ClN2O2/c1-15-9-17-12-3-2-8-16-13(12)18-11-6-4-10(14)5-7-11/h2-8,15H,9H2,1H3. The largest absolute Gasteiger partial charge is 0.473 e. The van der Waals surface area contributed by atoms with E-state index < -0.39 is 0 Å². The van der Waals surface area contributed by atoms with E-state index in [-0.39, 0.29) is 0 Å². The van der Waals surface area contributed by atoms with Gasteiger partial charge in [-0.15, -0.1) is 0 Å². The number of pyridine rings is 1. The van der Waals surface area contributed by atoms with Crippen molar-refractivity contribution in [1.82, 2.24) is 10.3 Å². The molecule has 1 aromatic heterocycles. The molecule has 94 valence electrons. The average molecular weight is 265 g/mol. The maximum Gasteiger partial charge on any atom is 0.262 e. The van der Waals surface area contributed by atoms with E-state index in [0.29, 0.717) is 29.1 Å². The summed E-state index contributed by atoms with van der Waals surface area (Å²) >= 11 is 5.81. The lowest BCUT2D eigenvalue weighted by Crippen LogP contribution is -2.14. The fourth-order valence-corrected chi connectivity index (χ4v) is 1.45. The molecule has 1 heterocycles. The molecule has 0 fully saturated rings. The number of aromatic nitrogens is 1. The summed E-state index contributed by atoms with van der Waals surface area (Å²) in [6.07, 6.45) is 1.65. The van der Waals surface area contributed by atoms with Gasteiger partial charge in [-0.3, -0.25) is 5.32 Å². The second-order valence-corrected chi connectivity index (χ2v) is 3.94. The number of benzene rings is 1. The second kappa shape index (κ2) is 6.23. The molecule has 0 amide bonds. The van der Waals surface area contributed by atoms with Crippen LogP contribution in [-0.4, -0.2) is 18.8 Å². The molecule has 0 radical (unpaired) electrons. The molecule has 1 aromatic carbocycles. The van der Waals surface area contributed by atoms with Gasteiger partial charge in [0, 0.05) is 11.2 Å². The van der Waals surface area contributed by atoms with Gasteiger partial charge in [-0.25, -0.2) is 4.98 Å². The predicted molar refractivity (Wildman–Crippen MR) is 70.3 cm³/mol. The number of ether oxygens (including phenoxy) is 2. The first-order valence-electron chi connectivity index (χ1n) is 5.45. The van der Waals surface area contributed by atoms with Crippen molar-refractivity contribution in [2.24, 2.45) is 0 Å². The molecule has 1 N–H and O–H groups in total. The minimum atomic E-state index is 0.392. The second-order valence-electron chi connectivity index (χ2n) is 3.50. The van der Waals surface area contributed by atoms with E-state index in [2.05, 4.69) is 10.3 Å². The van der Waals surface area contributed by atoms with Gasteiger partial charge in [0.15, 0.2) is 5.75 Å². The number of hydrogen-bond donors (Lipinski definition) is 1. The maximum absolute atomic E-state index is 5.81. The molecule has 4 nitrogen and oxygen atoms in total. The number of rotatable bonds is 5. The minimum Gasteiger partial charge on any atom is -0.473 e. The highest BCUT2D eigenvalue weighted by Gasteiger charge is 2.06. The van der Waals surface area contributed by atoms with E-state index in [9.17, 15) is 0 Å². The van der Waals surface area contributed by atoms with Crippen LogP contribution >= 0.6 is 11.6 Å². The van der Waals surface area contributed by atoms with E-state index in [1.165, 1.54) is 0 Å². The fraction of sp³-hybridized carbons (Fsp3) is 0.154. The van der Waals surface area contributed by atoms with Gasteiger partial charge in [-0.1, -0.05) is 11.6 Å². The number of nitrogens with zero attached hydrogens (tertiary/aromatic N) is 1. The van der Waals surface area contributed by atoms with Gasteiger partial charge in [-0.05, 0) is 43.4 Å². The highest BCUT2D eigenvalue weighted by molar-refractivity contribution is 6.30. The Labute approximate surface area is 111 Å². The average Bonchev–Trinajstić information content (AvgIpc) is 2.40. The Morgan fingerprint density at radius 1 is 1.22 bits per heavy atom. The third-order valence-corrected chi connectivity index (χ3v) is 2.39. The van der Waals surface area contributed by atoms with E-state index >= 15 is 0 Å². The third-order valence-electron chi connectivity index (χ3n) is 2.14. The first-order chi connectivity index (χ1) is 8.79. The quantitative estimate of drug-likeness (QED) is 0.843. The lowest BCUT2D eigenvalue weighted by molar-refractivity contribution is 0.280. The van der Waals surface area contributed by atoms with Gasteiger partial charge in [-0.2, -0.15) is 0 Å². The zero-order valence-corrected chi connectivity index (χ0v) is 10.6. The lowest BCUT2D eigenvalue weighted by Gasteiger charge is -2.10. The highest BCUT2D eigenvalue weighted by Crippen LogP contribution is 2.29.